The van der Waals surface area contributed by atoms with E-state index < -0.39 is 0 Å². The predicted octanol–water partition coefficient (Wildman–Crippen LogP) is 4.23. The number of H-pyrrole nitrogens is 1. The van der Waals surface area contributed by atoms with Gasteiger partial charge in [-0.25, -0.2) is 4.39 Å². The minimum Gasteiger partial charge on any atom is -0.379 e. The molecule has 5 nitrogen and oxygen atoms in total. The van der Waals surface area contributed by atoms with Crippen molar-refractivity contribution in [3.63, 3.8) is 0 Å². The zero-order valence-electron chi connectivity index (χ0n) is 18.1. The lowest BCUT2D eigenvalue weighted by atomic mass is 10.0. The molecule has 0 spiro atoms. The Bertz CT molecular complexity index is 1100. The van der Waals surface area contributed by atoms with Crippen LogP contribution in [0, 0.1) is 26.6 Å². The number of nitrogens with one attached hydrogen (secondary N) is 2. The summed E-state index contributed by atoms with van der Waals surface area (Å²) in [6.07, 6.45) is 0. The number of fused-ring (bicyclic) bond motifs is 1. The second kappa shape index (κ2) is 8.11. The number of halogens is 1. The first-order valence-corrected chi connectivity index (χ1v) is 10.4. The molecule has 158 valence electrons. The first kappa shape index (κ1) is 20.4. The van der Waals surface area contributed by atoms with Crippen LogP contribution >= 0.6 is 0 Å². The molecule has 0 bridgehead atoms. The highest BCUT2D eigenvalue weighted by molar-refractivity contribution is 6.03. The molecular weight excluding hydrogens is 379 g/mol. The molecule has 4 rings (SSSR count). The number of hydrogen-bond donors (Lipinski definition) is 2. The van der Waals surface area contributed by atoms with E-state index in [-0.39, 0.29) is 11.7 Å². The molecule has 0 unspecified atom stereocenters. The number of aromatic amines is 1. The van der Waals surface area contributed by atoms with Gasteiger partial charge in [-0.3, -0.25) is 4.79 Å². The van der Waals surface area contributed by atoms with Crippen LogP contribution in [0.3, 0.4) is 0 Å². The molecule has 1 aliphatic heterocycles. The largest absolute Gasteiger partial charge is 0.379 e. The minimum absolute atomic E-state index is 0.0734. The Morgan fingerprint density at radius 1 is 1.10 bits per heavy atom. The summed E-state index contributed by atoms with van der Waals surface area (Å²) in [4.78, 5) is 20.8. The van der Waals surface area contributed by atoms with Crippen LogP contribution in [0.5, 0.6) is 0 Å². The Labute approximate surface area is 176 Å². The van der Waals surface area contributed by atoms with Gasteiger partial charge in [-0.15, -0.1) is 0 Å². The van der Waals surface area contributed by atoms with Gasteiger partial charge in [-0.05, 0) is 68.8 Å². The van der Waals surface area contributed by atoms with E-state index in [9.17, 15) is 9.18 Å². The molecule has 0 radical (unpaired) electrons. The van der Waals surface area contributed by atoms with E-state index in [1.807, 2.05) is 30.9 Å². The number of amides is 1. The molecule has 0 saturated carbocycles. The van der Waals surface area contributed by atoms with Crippen LogP contribution in [-0.4, -0.2) is 53.9 Å². The molecule has 1 fully saturated rings. The van der Waals surface area contributed by atoms with Crippen molar-refractivity contribution in [2.45, 2.75) is 27.3 Å². The molecule has 1 amide bonds. The molecule has 0 atom stereocenters. The lowest BCUT2D eigenvalue weighted by Gasteiger charge is -2.32. The maximum Gasteiger partial charge on any atom is 0.254 e. The van der Waals surface area contributed by atoms with Gasteiger partial charge in [0, 0.05) is 49.4 Å². The molecule has 1 aliphatic rings. The number of piperazine rings is 1. The Kier molecular flexibility index (Phi) is 5.52. The highest BCUT2D eigenvalue weighted by Gasteiger charge is 2.22. The van der Waals surface area contributed by atoms with E-state index in [0.29, 0.717) is 12.1 Å². The third-order valence-electron chi connectivity index (χ3n) is 6.23. The van der Waals surface area contributed by atoms with Gasteiger partial charge in [0.15, 0.2) is 0 Å². The number of aromatic nitrogens is 1. The summed E-state index contributed by atoms with van der Waals surface area (Å²) < 4.78 is 13.4. The first-order valence-electron chi connectivity index (χ1n) is 10.4. The molecule has 0 aliphatic carbocycles. The molecule has 3 aromatic rings. The Morgan fingerprint density at radius 2 is 1.83 bits per heavy atom. The van der Waals surface area contributed by atoms with Crippen molar-refractivity contribution in [1.29, 1.82) is 0 Å². The standard InChI is InChI=1S/C24H29FN4O/c1-15-11-20(25)6-5-18(15)14-26-22-13-19(12-21-16(2)17(3)27-23(21)22)24(30)29-9-7-28(4)8-10-29/h5-6,11-13,26-27H,7-10,14H2,1-4H3. The average Bonchev–Trinajstić information content (AvgIpc) is 3.01. The fourth-order valence-corrected chi connectivity index (χ4v) is 4.06. The highest BCUT2D eigenvalue weighted by atomic mass is 19.1. The normalized spacial score (nSPS) is 15.0. The van der Waals surface area contributed by atoms with Crippen LogP contribution in [0.2, 0.25) is 0 Å². The van der Waals surface area contributed by atoms with E-state index in [4.69, 9.17) is 0 Å². The van der Waals surface area contributed by atoms with E-state index in [1.165, 1.54) is 6.07 Å². The quantitative estimate of drug-likeness (QED) is 0.679. The number of hydrogen-bond acceptors (Lipinski definition) is 3. The van der Waals surface area contributed by atoms with Crippen LogP contribution in [0.15, 0.2) is 30.3 Å². The topological polar surface area (TPSA) is 51.4 Å². The lowest BCUT2D eigenvalue weighted by Crippen LogP contribution is -2.47. The van der Waals surface area contributed by atoms with Crippen molar-refractivity contribution < 1.29 is 9.18 Å². The van der Waals surface area contributed by atoms with Crippen molar-refractivity contribution in [2.75, 3.05) is 38.5 Å². The zero-order valence-corrected chi connectivity index (χ0v) is 18.1. The van der Waals surface area contributed by atoms with Gasteiger partial charge in [-0.1, -0.05) is 6.07 Å². The van der Waals surface area contributed by atoms with Gasteiger partial charge in [0.1, 0.15) is 5.82 Å². The second-order valence-electron chi connectivity index (χ2n) is 8.34. The van der Waals surface area contributed by atoms with Crippen LogP contribution in [0.1, 0.15) is 32.7 Å². The number of carbonyl (C=O) groups is 1. The van der Waals surface area contributed by atoms with Gasteiger partial charge in [-0.2, -0.15) is 0 Å². The van der Waals surface area contributed by atoms with E-state index in [2.05, 4.69) is 29.2 Å². The van der Waals surface area contributed by atoms with Gasteiger partial charge in [0.2, 0.25) is 0 Å². The Balaban J connectivity index is 1.67. The van der Waals surface area contributed by atoms with Crippen LogP contribution < -0.4 is 5.32 Å². The SMILES string of the molecule is Cc1cc(F)ccc1CNc1cc(C(=O)N2CCN(C)CC2)cc2c(C)c(C)[nH]c12. The maximum absolute atomic E-state index is 13.4. The number of benzene rings is 2. The van der Waals surface area contributed by atoms with Crippen molar-refractivity contribution in [3.8, 4) is 0 Å². The molecule has 1 aromatic heterocycles. The summed E-state index contributed by atoms with van der Waals surface area (Å²) in [5.41, 5.74) is 6.77. The van der Waals surface area contributed by atoms with E-state index >= 15 is 0 Å². The molecule has 2 N–H and O–H groups in total. The number of anilines is 1. The van der Waals surface area contributed by atoms with Gasteiger partial charge in [0.05, 0.1) is 11.2 Å². The van der Waals surface area contributed by atoms with Crippen molar-refractivity contribution in [1.82, 2.24) is 14.8 Å². The smallest absolute Gasteiger partial charge is 0.254 e. The summed E-state index contributed by atoms with van der Waals surface area (Å²) in [6.45, 7) is 9.87. The van der Waals surface area contributed by atoms with Crippen molar-refractivity contribution in [3.05, 3.63) is 64.1 Å². The third-order valence-corrected chi connectivity index (χ3v) is 6.23. The number of rotatable bonds is 4. The maximum atomic E-state index is 13.4. The summed E-state index contributed by atoms with van der Waals surface area (Å²) in [5.74, 6) is -0.154. The van der Waals surface area contributed by atoms with Crippen molar-refractivity contribution >= 4 is 22.5 Å². The highest BCUT2D eigenvalue weighted by Crippen LogP contribution is 2.30. The van der Waals surface area contributed by atoms with E-state index in [0.717, 1.165) is 65.2 Å². The Morgan fingerprint density at radius 3 is 2.53 bits per heavy atom. The summed E-state index contributed by atoms with van der Waals surface area (Å²) >= 11 is 0. The minimum atomic E-state index is -0.228. The Hall–Kier alpha value is -2.86. The second-order valence-corrected chi connectivity index (χ2v) is 8.34. The van der Waals surface area contributed by atoms with Gasteiger partial charge in [0.25, 0.3) is 5.91 Å². The first-order chi connectivity index (χ1) is 14.3. The number of likely N-dealkylation sites (N-methyl/N-ethyl adjacent to an activating group) is 1. The molecule has 2 aromatic carbocycles. The van der Waals surface area contributed by atoms with Crippen LogP contribution in [0.25, 0.3) is 10.9 Å². The summed E-state index contributed by atoms with van der Waals surface area (Å²) in [5, 5.41) is 4.54. The molecule has 6 heteroatoms. The third kappa shape index (κ3) is 3.92. The monoisotopic (exact) mass is 408 g/mol. The van der Waals surface area contributed by atoms with Gasteiger partial charge < -0.3 is 20.1 Å². The zero-order chi connectivity index (χ0) is 21.4. The summed E-state index contributed by atoms with van der Waals surface area (Å²) in [7, 11) is 2.08. The van der Waals surface area contributed by atoms with Crippen LogP contribution in [0.4, 0.5) is 10.1 Å². The molecule has 1 saturated heterocycles. The van der Waals surface area contributed by atoms with Crippen molar-refractivity contribution in [2.24, 2.45) is 0 Å². The summed E-state index contributed by atoms with van der Waals surface area (Å²) in [6, 6.07) is 8.78. The fraction of sp³-hybridized carbons (Fsp3) is 0.375. The fourth-order valence-electron chi connectivity index (χ4n) is 4.06. The number of carbonyl (C=O) groups excluding carboxylic acids is 1. The average molecular weight is 409 g/mol. The molecule has 30 heavy (non-hydrogen) atoms. The number of aryl methyl sites for hydroxylation is 3. The van der Waals surface area contributed by atoms with Gasteiger partial charge >= 0.3 is 0 Å². The molecule has 2 heterocycles. The van der Waals surface area contributed by atoms with E-state index in [1.54, 1.807) is 12.1 Å². The van der Waals surface area contributed by atoms with Crippen LogP contribution in [-0.2, 0) is 6.54 Å². The molecular formula is C24H29FN4O. The number of nitrogens with zero attached hydrogens (tertiary/aromatic N) is 2. The predicted molar refractivity (Wildman–Crippen MR) is 120 cm³/mol. The lowest BCUT2D eigenvalue weighted by molar-refractivity contribution is 0.0664.